The molecule has 0 aliphatic carbocycles. The van der Waals surface area contributed by atoms with Crippen LogP contribution in [-0.4, -0.2) is 41.1 Å². The summed E-state index contributed by atoms with van der Waals surface area (Å²) in [6.07, 6.45) is 0.0584. The molecule has 5 heteroatoms. The van der Waals surface area contributed by atoms with Crippen LogP contribution in [0.5, 0.6) is 0 Å². The summed E-state index contributed by atoms with van der Waals surface area (Å²) in [7, 11) is 0. The number of ether oxygens (including phenoxy) is 1. The second-order valence-electron chi connectivity index (χ2n) is 7.05. The van der Waals surface area contributed by atoms with Gasteiger partial charge >= 0.3 is 0 Å². The molecule has 1 aromatic heterocycles. The number of amides is 1. The topological polar surface area (TPSA) is 42.4 Å². The second-order valence-corrected chi connectivity index (χ2v) is 7.48. The van der Waals surface area contributed by atoms with Crippen LogP contribution in [0.25, 0.3) is 22.2 Å². The first kappa shape index (κ1) is 18.0. The Morgan fingerprint density at radius 2 is 1.74 bits per heavy atom. The van der Waals surface area contributed by atoms with E-state index < -0.39 is 0 Å². The summed E-state index contributed by atoms with van der Waals surface area (Å²) < 4.78 is 5.78. The van der Waals surface area contributed by atoms with E-state index in [1.807, 2.05) is 73.3 Å². The normalized spacial score (nSPS) is 20.0. The fourth-order valence-corrected chi connectivity index (χ4v) is 3.76. The van der Waals surface area contributed by atoms with Gasteiger partial charge < -0.3 is 9.64 Å². The summed E-state index contributed by atoms with van der Waals surface area (Å²) in [5, 5.41) is 1.54. The van der Waals surface area contributed by atoms with Gasteiger partial charge in [-0.3, -0.25) is 4.79 Å². The maximum Gasteiger partial charge on any atom is 0.254 e. The Balaban J connectivity index is 1.81. The van der Waals surface area contributed by atoms with Crippen LogP contribution in [0.15, 0.2) is 54.6 Å². The number of carbonyl (C=O) groups excluding carboxylic acids is 1. The molecule has 4 nitrogen and oxygen atoms in total. The van der Waals surface area contributed by atoms with Crippen molar-refractivity contribution < 1.29 is 9.53 Å². The van der Waals surface area contributed by atoms with Crippen molar-refractivity contribution in [1.82, 2.24) is 9.88 Å². The molecule has 0 saturated carbocycles. The molecule has 27 heavy (non-hydrogen) atoms. The number of rotatable bonds is 2. The van der Waals surface area contributed by atoms with Crippen LogP contribution in [0.2, 0.25) is 5.02 Å². The molecule has 2 unspecified atom stereocenters. The van der Waals surface area contributed by atoms with Crippen LogP contribution in [0.4, 0.5) is 0 Å². The number of halogens is 1. The molecule has 1 saturated heterocycles. The Morgan fingerprint density at radius 1 is 1.07 bits per heavy atom. The van der Waals surface area contributed by atoms with Gasteiger partial charge in [-0.2, -0.15) is 0 Å². The van der Waals surface area contributed by atoms with Gasteiger partial charge in [0.1, 0.15) is 0 Å². The largest absolute Gasteiger partial charge is 0.372 e. The molecule has 1 amide bonds. The molecule has 1 aliphatic rings. The molecule has 2 heterocycles. The number of hydrogen-bond donors (Lipinski definition) is 0. The molecule has 1 aliphatic heterocycles. The van der Waals surface area contributed by atoms with Crippen molar-refractivity contribution in [2.45, 2.75) is 26.1 Å². The SMILES string of the molecule is CC1CN(C(=O)c2cc(-c3ccc(Cl)cc3)nc3ccccc23)CC(C)O1. The van der Waals surface area contributed by atoms with E-state index in [2.05, 4.69) is 0 Å². The number of benzene rings is 2. The van der Waals surface area contributed by atoms with Gasteiger partial charge in [-0.1, -0.05) is 41.9 Å². The van der Waals surface area contributed by atoms with Gasteiger partial charge in [0.25, 0.3) is 5.91 Å². The van der Waals surface area contributed by atoms with Crippen molar-refractivity contribution in [3.05, 3.63) is 65.2 Å². The van der Waals surface area contributed by atoms with Crippen molar-refractivity contribution in [1.29, 1.82) is 0 Å². The van der Waals surface area contributed by atoms with Gasteiger partial charge in [0.05, 0.1) is 29.0 Å². The first-order valence-corrected chi connectivity index (χ1v) is 9.49. The third-order valence-electron chi connectivity index (χ3n) is 4.79. The molecule has 2 aromatic carbocycles. The molecule has 3 aromatic rings. The van der Waals surface area contributed by atoms with E-state index in [9.17, 15) is 4.79 Å². The zero-order valence-corrected chi connectivity index (χ0v) is 16.1. The summed E-state index contributed by atoms with van der Waals surface area (Å²) in [4.78, 5) is 20.0. The van der Waals surface area contributed by atoms with Crippen molar-refractivity contribution in [2.24, 2.45) is 0 Å². The van der Waals surface area contributed by atoms with Crippen LogP contribution in [0.3, 0.4) is 0 Å². The lowest BCUT2D eigenvalue weighted by Crippen LogP contribution is -2.48. The Kier molecular flexibility index (Phi) is 4.85. The lowest BCUT2D eigenvalue weighted by atomic mass is 10.0. The van der Waals surface area contributed by atoms with E-state index in [1.165, 1.54) is 0 Å². The number of carbonyl (C=O) groups is 1. The number of para-hydroxylation sites is 1. The zero-order valence-electron chi connectivity index (χ0n) is 15.4. The number of nitrogens with zero attached hydrogens (tertiary/aromatic N) is 2. The number of fused-ring (bicyclic) bond motifs is 1. The van der Waals surface area contributed by atoms with Crippen LogP contribution in [0, 0.1) is 0 Å². The fourth-order valence-electron chi connectivity index (χ4n) is 3.63. The van der Waals surface area contributed by atoms with Gasteiger partial charge in [0, 0.05) is 29.1 Å². The highest BCUT2D eigenvalue weighted by atomic mass is 35.5. The van der Waals surface area contributed by atoms with Crippen LogP contribution in [-0.2, 0) is 4.74 Å². The maximum atomic E-state index is 13.4. The number of aromatic nitrogens is 1. The Morgan fingerprint density at radius 3 is 2.44 bits per heavy atom. The zero-order chi connectivity index (χ0) is 19.0. The number of morpholine rings is 1. The molecule has 2 atom stereocenters. The minimum Gasteiger partial charge on any atom is -0.372 e. The average molecular weight is 381 g/mol. The summed E-state index contributed by atoms with van der Waals surface area (Å²) >= 11 is 6.01. The fraction of sp³-hybridized carbons (Fsp3) is 0.273. The first-order valence-electron chi connectivity index (χ1n) is 9.12. The van der Waals surface area contributed by atoms with E-state index in [4.69, 9.17) is 21.3 Å². The predicted octanol–water partition coefficient (Wildman–Crippen LogP) is 4.80. The van der Waals surface area contributed by atoms with Gasteiger partial charge in [0.2, 0.25) is 0 Å². The Bertz CT molecular complexity index is 977. The van der Waals surface area contributed by atoms with Crippen LogP contribution >= 0.6 is 11.6 Å². The molecule has 138 valence electrons. The lowest BCUT2D eigenvalue weighted by Gasteiger charge is -2.35. The minimum absolute atomic E-state index is 0.0193. The number of pyridine rings is 1. The smallest absolute Gasteiger partial charge is 0.254 e. The summed E-state index contributed by atoms with van der Waals surface area (Å²) in [6.45, 7) is 5.19. The molecule has 1 fully saturated rings. The summed E-state index contributed by atoms with van der Waals surface area (Å²) in [5.41, 5.74) is 3.18. The molecule has 0 bridgehead atoms. The Labute approximate surface area is 163 Å². The molecular weight excluding hydrogens is 360 g/mol. The predicted molar refractivity (Wildman–Crippen MR) is 108 cm³/mol. The van der Waals surface area contributed by atoms with Crippen LogP contribution < -0.4 is 0 Å². The minimum atomic E-state index is 0.0193. The van der Waals surface area contributed by atoms with Crippen molar-refractivity contribution in [3.63, 3.8) is 0 Å². The van der Waals surface area contributed by atoms with Gasteiger partial charge in [-0.25, -0.2) is 4.98 Å². The van der Waals surface area contributed by atoms with Crippen molar-refractivity contribution >= 4 is 28.4 Å². The van der Waals surface area contributed by atoms with E-state index >= 15 is 0 Å². The highest BCUT2D eigenvalue weighted by Crippen LogP contribution is 2.27. The highest BCUT2D eigenvalue weighted by Gasteiger charge is 2.28. The molecule has 0 spiro atoms. The van der Waals surface area contributed by atoms with E-state index in [-0.39, 0.29) is 18.1 Å². The molecule has 0 N–H and O–H groups in total. The third kappa shape index (κ3) is 3.68. The van der Waals surface area contributed by atoms with E-state index in [1.54, 1.807) is 0 Å². The molecule has 0 radical (unpaired) electrons. The number of hydrogen-bond acceptors (Lipinski definition) is 3. The van der Waals surface area contributed by atoms with Crippen LogP contribution in [0.1, 0.15) is 24.2 Å². The third-order valence-corrected chi connectivity index (χ3v) is 5.05. The highest BCUT2D eigenvalue weighted by molar-refractivity contribution is 6.30. The van der Waals surface area contributed by atoms with Gasteiger partial charge in [-0.15, -0.1) is 0 Å². The summed E-state index contributed by atoms with van der Waals surface area (Å²) in [6, 6.07) is 17.2. The Hall–Kier alpha value is -2.43. The van der Waals surface area contributed by atoms with Gasteiger partial charge in [-0.05, 0) is 38.1 Å². The molecular formula is C22H21ClN2O2. The maximum absolute atomic E-state index is 13.4. The molecule has 4 rings (SSSR count). The lowest BCUT2D eigenvalue weighted by molar-refractivity contribution is -0.0585. The summed E-state index contributed by atoms with van der Waals surface area (Å²) in [5.74, 6) is 0.0193. The average Bonchev–Trinajstić information content (AvgIpc) is 2.66. The van der Waals surface area contributed by atoms with E-state index in [0.717, 1.165) is 22.2 Å². The van der Waals surface area contributed by atoms with E-state index in [0.29, 0.717) is 23.7 Å². The van der Waals surface area contributed by atoms with Crippen molar-refractivity contribution in [2.75, 3.05) is 13.1 Å². The van der Waals surface area contributed by atoms with Crippen molar-refractivity contribution in [3.8, 4) is 11.3 Å². The van der Waals surface area contributed by atoms with Gasteiger partial charge in [0.15, 0.2) is 0 Å². The second kappa shape index (κ2) is 7.29. The first-order chi connectivity index (χ1) is 13.0. The standard InChI is InChI=1S/C22H21ClN2O2/c1-14-12-25(13-15(2)27-14)22(26)19-11-21(16-7-9-17(23)10-8-16)24-20-6-4-3-5-18(19)20/h3-11,14-15H,12-13H2,1-2H3. The quantitative estimate of drug-likeness (QED) is 0.641. The monoisotopic (exact) mass is 380 g/mol.